The molecule has 0 saturated carbocycles. The van der Waals surface area contributed by atoms with E-state index < -0.39 is 0 Å². The van der Waals surface area contributed by atoms with Crippen molar-refractivity contribution in [3.8, 4) is 23.0 Å². The lowest BCUT2D eigenvalue weighted by Crippen LogP contribution is -1.94. The number of hydrogen-bond acceptors (Lipinski definition) is 4. The fraction of sp³-hybridized carbons (Fsp3) is 0.154. The number of aromatic nitrogens is 1. The van der Waals surface area contributed by atoms with Crippen LogP contribution in [0.25, 0.3) is 0 Å². The Hall–Kier alpha value is -2.23. The molecule has 0 amide bonds. The third-order valence-electron chi connectivity index (χ3n) is 2.23. The Labute approximate surface area is 99.8 Å². The molecule has 0 atom stereocenters. The fourth-order valence-electron chi connectivity index (χ4n) is 1.47. The maximum atomic E-state index is 5.68. The summed E-state index contributed by atoms with van der Waals surface area (Å²) in [6, 6.07) is 9.10. The van der Waals surface area contributed by atoms with Crippen LogP contribution >= 0.6 is 0 Å². The van der Waals surface area contributed by atoms with E-state index in [-0.39, 0.29) is 0 Å². The Morgan fingerprint density at radius 2 is 1.76 bits per heavy atom. The van der Waals surface area contributed by atoms with Crippen LogP contribution in [0.4, 0.5) is 0 Å². The Morgan fingerprint density at radius 1 is 0.941 bits per heavy atom. The van der Waals surface area contributed by atoms with Crippen molar-refractivity contribution in [3.63, 3.8) is 0 Å². The van der Waals surface area contributed by atoms with Crippen LogP contribution in [0, 0.1) is 0 Å². The summed E-state index contributed by atoms with van der Waals surface area (Å²) < 4.78 is 16.1. The predicted molar refractivity (Wildman–Crippen MR) is 63.9 cm³/mol. The van der Waals surface area contributed by atoms with Crippen LogP contribution in [0.2, 0.25) is 0 Å². The average Bonchev–Trinajstić information content (AvgIpc) is 2.39. The second kappa shape index (κ2) is 5.21. The fourth-order valence-corrected chi connectivity index (χ4v) is 1.47. The summed E-state index contributed by atoms with van der Waals surface area (Å²) in [7, 11) is 3.17. The Kier molecular flexibility index (Phi) is 3.45. The number of pyridine rings is 1. The van der Waals surface area contributed by atoms with Gasteiger partial charge >= 0.3 is 0 Å². The standard InChI is InChI=1S/C13H13NO3/c1-15-11-6-3-7-12(13(11)16-2)17-10-5-4-8-14-9-10/h3-9H,1-2H3. The first-order valence-electron chi connectivity index (χ1n) is 5.14. The van der Waals surface area contributed by atoms with Crippen molar-refractivity contribution in [2.75, 3.05) is 14.2 Å². The van der Waals surface area contributed by atoms with E-state index in [9.17, 15) is 0 Å². The number of ether oxygens (including phenoxy) is 3. The van der Waals surface area contributed by atoms with Crippen molar-refractivity contribution in [2.24, 2.45) is 0 Å². The van der Waals surface area contributed by atoms with E-state index >= 15 is 0 Å². The molecule has 1 aromatic heterocycles. The summed E-state index contributed by atoms with van der Waals surface area (Å²) in [5.74, 6) is 2.45. The minimum Gasteiger partial charge on any atom is -0.493 e. The van der Waals surface area contributed by atoms with E-state index in [0.717, 1.165) is 0 Å². The molecule has 17 heavy (non-hydrogen) atoms. The van der Waals surface area contributed by atoms with Crippen LogP contribution in [0.5, 0.6) is 23.0 Å². The lowest BCUT2D eigenvalue weighted by Gasteiger charge is -2.12. The zero-order valence-corrected chi connectivity index (χ0v) is 9.71. The molecule has 0 fully saturated rings. The summed E-state index contributed by atoms with van der Waals surface area (Å²) in [5.41, 5.74) is 0. The first kappa shape index (κ1) is 11.3. The summed E-state index contributed by atoms with van der Waals surface area (Å²) in [6.07, 6.45) is 3.33. The van der Waals surface area contributed by atoms with Gasteiger partial charge in [0.15, 0.2) is 11.5 Å². The molecular weight excluding hydrogens is 218 g/mol. The van der Waals surface area contributed by atoms with Gasteiger partial charge in [-0.2, -0.15) is 0 Å². The molecule has 1 heterocycles. The van der Waals surface area contributed by atoms with Crippen LogP contribution in [0.3, 0.4) is 0 Å². The molecule has 0 aliphatic rings. The van der Waals surface area contributed by atoms with Gasteiger partial charge in [-0.05, 0) is 24.3 Å². The normalized spacial score (nSPS) is 9.76. The predicted octanol–water partition coefficient (Wildman–Crippen LogP) is 2.89. The number of hydrogen-bond donors (Lipinski definition) is 0. The lowest BCUT2D eigenvalue weighted by molar-refractivity contribution is 0.336. The van der Waals surface area contributed by atoms with E-state index in [1.807, 2.05) is 30.3 Å². The second-order valence-corrected chi connectivity index (χ2v) is 3.28. The number of methoxy groups -OCH3 is 2. The van der Waals surface area contributed by atoms with Crippen LogP contribution in [0.15, 0.2) is 42.7 Å². The molecule has 4 heteroatoms. The molecule has 0 bridgehead atoms. The maximum Gasteiger partial charge on any atom is 0.203 e. The highest BCUT2D eigenvalue weighted by molar-refractivity contribution is 5.52. The van der Waals surface area contributed by atoms with Crippen molar-refractivity contribution in [1.29, 1.82) is 0 Å². The van der Waals surface area contributed by atoms with Crippen LogP contribution in [-0.2, 0) is 0 Å². The van der Waals surface area contributed by atoms with Crippen LogP contribution in [0.1, 0.15) is 0 Å². The van der Waals surface area contributed by atoms with Gasteiger partial charge in [0.2, 0.25) is 5.75 Å². The van der Waals surface area contributed by atoms with Gasteiger partial charge in [0.25, 0.3) is 0 Å². The summed E-state index contributed by atoms with van der Waals surface area (Å²) in [4.78, 5) is 3.98. The number of para-hydroxylation sites is 1. The highest BCUT2D eigenvalue weighted by Gasteiger charge is 2.11. The Balaban J connectivity index is 2.33. The molecule has 0 saturated heterocycles. The van der Waals surface area contributed by atoms with Gasteiger partial charge in [-0.3, -0.25) is 4.98 Å². The van der Waals surface area contributed by atoms with Crippen molar-refractivity contribution < 1.29 is 14.2 Å². The van der Waals surface area contributed by atoms with Crippen molar-refractivity contribution in [3.05, 3.63) is 42.7 Å². The summed E-state index contributed by atoms with van der Waals surface area (Å²) in [6.45, 7) is 0. The number of rotatable bonds is 4. The molecule has 0 N–H and O–H groups in total. The zero-order chi connectivity index (χ0) is 12.1. The van der Waals surface area contributed by atoms with Crippen LogP contribution < -0.4 is 14.2 Å². The van der Waals surface area contributed by atoms with Crippen molar-refractivity contribution in [1.82, 2.24) is 4.98 Å². The monoisotopic (exact) mass is 231 g/mol. The Morgan fingerprint density at radius 3 is 2.41 bits per heavy atom. The summed E-state index contributed by atoms with van der Waals surface area (Å²) >= 11 is 0. The SMILES string of the molecule is COc1cccc(Oc2cccnc2)c1OC. The third-order valence-corrected chi connectivity index (χ3v) is 2.23. The zero-order valence-electron chi connectivity index (χ0n) is 9.71. The molecule has 0 aliphatic heterocycles. The topological polar surface area (TPSA) is 40.6 Å². The molecule has 0 spiro atoms. The van der Waals surface area contributed by atoms with Gasteiger partial charge in [0.05, 0.1) is 20.4 Å². The summed E-state index contributed by atoms with van der Waals surface area (Å²) in [5, 5.41) is 0. The van der Waals surface area contributed by atoms with E-state index in [0.29, 0.717) is 23.0 Å². The molecular formula is C13H13NO3. The van der Waals surface area contributed by atoms with Gasteiger partial charge in [0, 0.05) is 6.20 Å². The largest absolute Gasteiger partial charge is 0.493 e. The van der Waals surface area contributed by atoms with Gasteiger partial charge in [-0.15, -0.1) is 0 Å². The molecule has 1 aromatic carbocycles. The first-order chi connectivity index (χ1) is 8.35. The van der Waals surface area contributed by atoms with Gasteiger partial charge in [-0.1, -0.05) is 6.07 Å². The van der Waals surface area contributed by atoms with Crippen molar-refractivity contribution in [2.45, 2.75) is 0 Å². The Bertz CT molecular complexity index is 485. The molecule has 0 aliphatic carbocycles. The second-order valence-electron chi connectivity index (χ2n) is 3.28. The van der Waals surface area contributed by atoms with Crippen LogP contribution in [-0.4, -0.2) is 19.2 Å². The molecule has 2 aromatic rings. The van der Waals surface area contributed by atoms with Gasteiger partial charge in [-0.25, -0.2) is 0 Å². The average molecular weight is 231 g/mol. The molecule has 88 valence electrons. The minimum atomic E-state index is 0.568. The first-order valence-corrected chi connectivity index (χ1v) is 5.14. The molecule has 0 unspecified atom stereocenters. The lowest BCUT2D eigenvalue weighted by atomic mass is 10.3. The van der Waals surface area contributed by atoms with E-state index in [4.69, 9.17) is 14.2 Å². The minimum absolute atomic E-state index is 0.568. The number of benzene rings is 1. The molecule has 0 radical (unpaired) electrons. The highest BCUT2D eigenvalue weighted by Crippen LogP contribution is 2.38. The third kappa shape index (κ3) is 2.47. The smallest absolute Gasteiger partial charge is 0.203 e. The van der Waals surface area contributed by atoms with Gasteiger partial charge in [0.1, 0.15) is 5.75 Å². The van der Waals surface area contributed by atoms with E-state index in [1.54, 1.807) is 26.6 Å². The van der Waals surface area contributed by atoms with E-state index in [2.05, 4.69) is 4.98 Å². The molecule has 4 nitrogen and oxygen atoms in total. The number of nitrogens with zero attached hydrogens (tertiary/aromatic N) is 1. The highest BCUT2D eigenvalue weighted by atomic mass is 16.5. The van der Waals surface area contributed by atoms with E-state index in [1.165, 1.54) is 0 Å². The molecule has 2 rings (SSSR count). The van der Waals surface area contributed by atoms with Gasteiger partial charge < -0.3 is 14.2 Å². The van der Waals surface area contributed by atoms with Crippen molar-refractivity contribution >= 4 is 0 Å². The quantitative estimate of drug-likeness (QED) is 0.811. The maximum absolute atomic E-state index is 5.68.